The lowest BCUT2D eigenvalue weighted by molar-refractivity contribution is 0.0467. The monoisotopic (exact) mass is 368 g/mol. The Morgan fingerprint density at radius 2 is 1.70 bits per heavy atom. The molecule has 2 aliphatic rings. The average Bonchev–Trinajstić information content (AvgIpc) is 2.73. The van der Waals surface area contributed by atoms with Gasteiger partial charge in [0.2, 0.25) is 0 Å². The SMILES string of the molecule is c1cnc(Nc2cnc(CC3CCN(CC4CCOCC4)CC3)cn2)cn1. The largest absolute Gasteiger partial charge is 0.381 e. The van der Waals surface area contributed by atoms with Crippen LogP contribution in [0.2, 0.25) is 0 Å². The highest BCUT2D eigenvalue weighted by Gasteiger charge is 2.23. The summed E-state index contributed by atoms with van der Waals surface area (Å²) in [6.07, 6.45) is 14.6. The third-order valence-corrected chi connectivity index (χ3v) is 5.59. The Hall–Kier alpha value is -2.12. The molecule has 144 valence electrons. The standard InChI is InChI=1S/C20H28N6O/c1-7-26(15-17-3-9-27-10-4-17)8-2-16(1)11-18-12-24-20(14-23-18)25-19-13-21-5-6-22-19/h5-6,12-14,16-17H,1-4,7-11,15H2,(H,22,24,25). The molecule has 0 aromatic carbocycles. The van der Waals surface area contributed by atoms with Gasteiger partial charge in [-0.15, -0.1) is 0 Å². The predicted octanol–water partition coefficient (Wildman–Crippen LogP) is 2.69. The van der Waals surface area contributed by atoms with Crippen molar-refractivity contribution in [1.82, 2.24) is 24.8 Å². The van der Waals surface area contributed by atoms with Gasteiger partial charge in [-0.05, 0) is 57.0 Å². The zero-order valence-electron chi connectivity index (χ0n) is 15.8. The Kier molecular flexibility index (Phi) is 6.21. The summed E-state index contributed by atoms with van der Waals surface area (Å²) in [6.45, 7) is 5.56. The normalized spacial score (nSPS) is 19.9. The number of rotatable bonds is 6. The van der Waals surface area contributed by atoms with Crippen molar-refractivity contribution < 1.29 is 4.74 Å². The van der Waals surface area contributed by atoms with Crippen molar-refractivity contribution in [2.75, 3.05) is 38.2 Å². The van der Waals surface area contributed by atoms with Crippen LogP contribution in [0, 0.1) is 11.8 Å². The number of ether oxygens (including phenoxy) is 1. The van der Waals surface area contributed by atoms with Crippen molar-refractivity contribution in [2.24, 2.45) is 11.8 Å². The smallest absolute Gasteiger partial charge is 0.150 e. The minimum absolute atomic E-state index is 0.677. The first-order valence-corrected chi connectivity index (χ1v) is 9.99. The lowest BCUT2D eigenvalue weighted by Crippen LogP contribution is -2.38. The van der Waals surface area contributed by atoms with Gasteiger partial charge in [-0.25, -0.2) is 9.97 Å². The Balaban J connectivity index is 1.22. The summed E-state index contributed by atoms with van der Waals surface area (Å²) in [7, 11) is 0. The van der Waals surface area contributed by atoms with E-state index in [1.807, 2.05) is 6.20 Å². The second kappa shape index (κ2) is 9.19. The van der Waals surface area contributed by atoms with Crippen LogP contribution < -0.4 is 5.32 Å². The highest BCUT2D eigenvalue weighted by Crippen LogP contribution is 2.24. The highest BCUT2D eigenvalue weighted by atomic mass is 16.5. The maximum Gasteiger partial charge on any atom is 0.150 e. The summed E-state index contributed by atoms with van der Waals surface area (Å²) in [5.41, 5.74) is 1.07. The topological polar surface area (TPSA) is 76.1 Å². The molecule has 0 atom stereocenters. The molecule has 7 heteroatoms. The van der Waals surface area contributed by atoms with Gasteiger partial charge in [0.05, 0.1) is 24.3 Å². The Morgan fingerprint density at radius 1 is 0.889 bits per heavy atom. The van der Waals surface area contributed by atoms with Crippen LogP contribution in [0.3, 0.4) is 0 Å². The molecule has 2 fully saturated rings. The molecule has 2 saturated heterocycles. The molecule has 0 aliphatic carbocycles. The molecule has 4 rings (SSSR count). The quantitative estimate of drug-likeness (QED) is 0.840. The molecule has 0 spiro atoms. The molecular formula is C20H28N6O. The lowest BCUT2D eigenvalue weighted by atomic mass is 9.91. The van der Waals surface area contributed by atoms with Gasteiger partial charge in [0.15, 0.2) is 0 Å². The summed E-state index contributed by atoms with van der Waals surface area (Å²) in [4.78, 5) is 19.9. The first kappa shape index (κ1) is 18.3. The van der Waals surface area contributed by atoms with E-state index in [-0.39, 0.29) is 0 Å². The van der Waals surface area contributed by atoms with E-state index in [0.717, 1.165) is 31.2 Å². The van der Waals surface area contributed by atoms with E-state index < -0.39 is 0 Å². The van der Waals surface area contributed by atoms with E-state index >= 15 is 0 Å². The number of nitrogens with one attached hydrogen (secondary N) is 1. The highest BCUT2D eigenvalue weighted by molar-refractivity contribution is 5.48. The minimum Gasteiger partial charge on any atom is -0.381 e. The third kappa shape index (κ3) is 5.43. The molecule has 27 heavy (non-hydrogen) atoms. The molecule has 4 heterocycles. The number of hydrogen-bond donors (Lipinski definition) is 1. The molecule has 1 N–H and O–H groups in total. The first-order chi connectivity index (χ1) is 13.3. The van der Waals surface area contributed by atoms with E-state index in [0.29, 0.717) is 17.6 Å². The maximum atomic E-state index is 5.47. The van der Waals surface area contributed by atoms with Crippen molar-refractivity contribution in [1.29, 1.82) is 0 Å². The first-order valence-electron chi connectivity index (χ1n) is 9.99. The van der Waals surface area contributed by atoms with Gasteiger partial charge in [-0.2, -0.15) is 0 Å². The van der Waals surface area contributed by atoms with Crippen LogP contribution in [0.5, 0.6) is 0 Å². The number of piperidine rings is 1. The second-order valence-corrected chi connectivity index (χ2v) is 7.61. The third-order valence-electron chi connectivity index (χ3n) is 5.59. The Labute approximate surface area is 160 Å². The fourth-order valence-corrected chi connectivity index (χ4v) is 3.98. The van der Waals surface area contributed by atoms with Crippen LogP contribution in [0.25, 0.3) is 0 Å². The van der Waals surface area contributed by atoms with Crippen molar-refractivity contribution in [3.05, 3.63) is 36.7 Å². The Bertz CT molecular complexity index is 681. The maximum absolute atomic E-state index is 5.47. The van der Waals surface area contributed by atoms with Crippen molar-refractivity contribution in [2.45, 2.75) is 32.1 Å². The summed E-state index contributed by atoms with van der Waals surface area (Å²) in [5.74, 6) is 2.92. The predicted molar refractivity (Wildman–Crippen MR) is 104 cm³/mol. The number of anilines is 2. The average molecular weight is 368 g/mol. The molecule has 0 unspecified atom stereocenters. The summed E-state index contributed by atoms with van der Waals surface area (Å²) < 4.78 is 5.47. The molecule has 2 aliphatic heterocycles. The van der Waals surface area contributed by atoms with Gasteiger partial charge >= 0.3 is 0 Å². The number of hydrogen-bond acceptors (Lipinski definition) is 7. The van der Waals surface area contributed by atoms with Crippen LogP contribution in [-0.4, -0.2) is 57.7 Å². The molecule has 2 aromatic heterocycles. The number of nitrogens with zero attached hydrogens (tertiary/aromatic N) is 5. The summed E-state index contributed by atoms with van der Waals surface area (Å²) in [5, 5.41) is 3.12. The molecule has 0 saturated carbocycles. The minimum atomic E-state index is 0.677. The van der Waals surface area contributed by atoms with Gasteiger partial charge < -0.3 is 15.0 Å². The zero-order chi connectivity index (χ0) is 18.3. The van der Waals surface area contributed by atoms with Gasteiger partial charge in [0.1, 0.15) is 11.6 Å². The second-order valence-electron chi connectivity index (χ2n) is 7.61. The molecule has 0 amide bonds. The number of aromatic nitrogens is 4. The summed E-state index contributed by atoms with van der Waals surface area (Å²) >= 11 is 0. The molecule has 0 bridgehead atoms. The van der Waals surface area contributed by atoms with E-state index in [1.165, 1.54) is 45.3 Å². The van der Waals surface area contributed by atoms with Crippen LogP contribution >= 0.6 is 0 Å². The molecule has 7 nitrogen and oxygen atoms in total. The summed E-state index contributed by atoms with van der Waals surface area (Å²) in [6, 6.07) is 0. The van der Waals surface area contributed by atoms with Gasteiger partial charge in [0, 0.05) is 32.2 Å². The van der Waals surface area contributed by atoms with Gasteiger partial charge in [-0.1, -0.05) is 0 Å². The van der Waals surface area contributed by atoms with Crippen molar-refractivity contribution in [3.8, 4) is 0 Å². The zero-order valence-corrected chi connectivity index (χ0v) is 15.8. The van der Waals surface area contributed by atoms with Crippen molar-refractivity contribution >= 4 is 11.6 Å². The van der Waals surface area contributed by atoms with Crippen LogP contribution in [0.15, 0.2) is 31.0 Å². The molecule has 0 radical (unpaired) electrons. The van der Waals surface area contributed by atoms with Crippen LogP contribution in [-0.2, 0) is 11.2 Å². The van der Waals surface area contributed by atoms with E-state index in [1.54, 1.807) is 24.8 Å². The van der Waals surface area contributed by atoms with Gasteiger partial charge in [-0.3, -0.25) is 9.97 Å². The van der Waals surface area contributed by atoms with Crippen LogP contribution in [0.1, 0.15) is 31.4 Å². The number of likely N-dealkylation sites (tertiary alicyclic amines) is 1. The molecular weight excluding hydrogens is 340 g/mol. The fraction of sp³-hybridized carbons (Fsp3) is 0.600. The van der Waals surface area contributed by atoms with E-state index in [2.05, 4.69) is 30.2 Å². The van der Waals surface area contributed by atoms with Crippen LogP contribution in [0.4, 0.5) is 11.6 Å². The molecule has 2 aromatic rings. The van der Waals surface area contributed by atoms with Crippen molar-refractivity contribution in [3.63, 3.8) is 0 Å². The van der Waals surface area contributed by atoms with E-state index in [9.17, 15) is 0 Å². The van der Waals surface area contributed by atoms with Gasteiger partial charge in [0.25, 0.3) is 0 Å². The van der Waals surface area contributed by atoms with E-state index in [4.69, 9.17) is 4.74 Å². The fourth-order valence-electron chi connectivity index (χ4n) is 3.98. The lowest BCUT2D eigenvalue weighted by Gasteiger charge is -2.35. The Morgan fingerprint density at radius 3 is 2.41 bits per heavy atom.